The largest absolute Gasteiger partial charge is 0.354 e. The van der Waals surface area contributed by atoms with Crippen LogP contribution in [0.25, 0.3) is 11.0 Å². The number of carbonyl (C=O) groups is 1. The van der Waals surface area contributed by atoms with Gasteiger partial charge in [-0.1, -0.05) is 0 Å². The van der Waals surface area contributed by atoms with Gasteiger partial charge in [0.25, 0.3) is 5.91 Å². The molecule has 1 aromatic carbocycles. The van der Waals surface area contributed by atoms with Crippen molar-refractivity contribution in [3.05, 3.63) is 36.3 Å². The number of aromatic amines is 1. The maximum absolute atomic E-state index is 12.5. The van der Waals surface area contributed by atoms with E-state index in [1.54, 1.807) is 24.3 Å². The molecule has 3 aromatic rings. The summed E-state index contributed by atoms with van der Waals surface area (Å²) in [5.41, 5.74) is 2.42. The Morgan fingerprint density at radius 2 is 1.88 bits per heavy atom. The second kappa shape index (κ2) is 6.44. The normalized spacial score (nSPS) is 15.5. The molecule has 1 amide bonds. The Morgan fingerprint density at radius 1 is 1.08 bits per heavy atom. The molecule has 0 bridgehead atoms. The van der Waals surface area contributed by atoms with E-state index in [4.69, 9.17) is 0 Å². The van der Waals surface area contributed by atoms with Crippen molar-refractivity contribution in [2.24, 2.45) is 0 Å². The quantitative estimate of drug-likeness (QED) is 0.726. The lowest BCUT2D eigenvalue weighted by Crippen LogP contribution is -2.44. The van der Waals surface area contributed by atoms with Crippen LogP contribution in [0.4, 0.5) is 11.5 Å². The predicted octanol–water partition coefficient (Wildman–Crippen LogP) is 0.752. The molecule has 1 saturated heterocycles. The van der Waals surface area contributed by atoms with Gasteiger partial charge in [-0.2, -0.15) is 15.4 Å². The van der Waals surface area contributed by atoms with Crippen LogP contribution in [-0.4, -0.2) is 69.4 Å². The number of rotatable bonds is 3. The fourth-order valence-corrected chi connectivity index (χ4v) is 2.79. The molecule has 0 saturated carbocycles. The number of likely N-dealkylation sites (N-methyl/N-ethyl adjacent to an activating group) is 1. The number of H-pyrrole nitrogens is 1. The zero-order valence-corrected chi connectivity index (χ0v) is 13.8. The summed E-state index contributed by atoms with van der Waals surface area (Å²) in [7, 11) is 2.10. The molecular weight excluding hydrogens is 320 g/mol. The number of carbonyl (C=O) groups excluding carboxylic acids is 1. The molecule has 4 rings (SSSR count). The minimum Gasteiger partial charge on any atom is -0.354 e. The van der Waals surface area contributed by atoms with Gasteiger partial charge in [0.1, 0.15) is 28.9 Å². The summed E-state index contributed by atoms with van der Waals surface area (Å²) in [6.07, 6.45) is 1.43. The van der Waals surface area contributed by atoms with Crippen molar-refractivity contribution in [3.63, 3.8) is 0 Å². The first-order valence-electron chi connectivity index (χ1n) is 8.06. The third-order valence-corrected chi connectivity index (χ3v) is 4.29. The summed E-state index contributed by atoms with van der Waals surface area (Å²) >= 11 is 0. The molecule has 1 fully saturated rings. The number of amides is 1. The smallest absolute Gasteiger partial charge is 0.274 e. The Morgan fingerprint density at radius 3 is 2.72 bits per heavy atom. The first-order chi connectivity index (χ1) is 12.2. The monoisotopic (exact) mass is 338 g/mol. The van der Waals surface area contributed by atoms with Crippen LogP contribution in [0.1, 0.15) is 10.5 Å². The number of fused-ring (bicyclic) bond motifs is 1. The molecule has 9 heteroatoms. The summed E-state index contributed by atoms with van der Waals surface area (Å²) in [6.45, 7) is 3.72. The van der Waals surface area contributed by atoms with Crippen molar-refractivity contribution in [1.29, 1.82) is 0 Å². The van der Waals surface area contributed by atoms with Gasteiger partial charge in [0, 0.05) is 37.9 Å². The van der Waals surface area contributed by atoms with Crippen LogP contribution in [0.15, 0.2) is 30.6 Å². The maximum Gasteiger partial charge on any atom is 0.274 e. The highest BCUT2D eigenvalue weighted by Crippen LogP contribution is 2.17. The zero-order chi connectivity index (χ0) is 17.2. The van der Waals surface area contributed by atoms with Crippen LogP contribution < -0.4 is 10.2 Å². The number of piperazine rings is 1. The lowest BCUT2D eigenvalue weighted by molar-refractivity contribution is 0.102. The molecule has 2 N–H and O–H groups in total. The van der Waals surface area contributed by atoms with E-state index >= 15 is 0 Å². The second-order valence-electron chi connectivity index (χ2n) is 6.03. The van der Waals surface area contributed by atoms with Crippen molar-refractivity contribution in [2.75, 3.05) is 43.4 Å². The Labute approximate surface area is 144 Å². The summed E-state index contributed by atoms with van der Waals surface area (Å²) in [4.78, 5) is 25.3. The minimum atomic E-state index is -0.277. The number of benzene rings is 1. The highest BCUT2D eigenvalue weighted by atomic mass is 16.1. The molecule has 0 atom stereocenters. The molecular formula is C16H18N8O. The molecule has 3 heterocycles. The molecule has 1 aliphatic rings. The minimum absolute atomic E-state index is 0.277. The number of nitrogens with one attached hydrogen (secondary N) is 2. The lowest BCUT2D eigenvalue weighted by Gasteiger charge is -2.33. The van der Waals surface area contributed by atoms with Gasteiger partial charge in [-0.15, -0.1) is 0 Å². The van der Waals surface area contributed by atoms with E-state index in [2.05, 4.69) is 47.5 Å². The molecule has 25 heavy (non-hydrogen) atoms. The Hall–Kier alpha value is -3.07. The van der Waals surface area contributed by atoms with E-state index < -0.39 is 0 Å². The van der Waals surface area contributed by atoms with E-state index in [9.17, 15) is 4.79 Å². The van der Waals surface area contributed by atoms with Crippen LogP contribution >= 0.6 is 0 Å². The van der Waals surface area contributed by atoms with E-state index in [1.165, 1.54) is 6.33 Å². The zero-order valence-electron chi connectivity index (χ0n) is 13.8. The van der Waals surface area contributed by atoms with E-state index in [0.29, 0.717) is 16.9 Å². The number of hydrogen-bond donors (Lipinski definition) is 2. The highest BCUT2D eigenvalue weighted by molar-refractivity contribution is 6.03. The molecule has 1 aliphatic heterocycles. The maximum atomic E-state index is 12.5. The number of hydrogen-bond acceptors (Lipinski definition) is 7. The van der Waals surface area contributed by atoms with Gasteiger partial charge in [0.05, 0.1) is 0 Å². The average Bonchev–Trinajstić information content (AvgIpc) is 3.10. The van der Waals surface area contributed by atoms with Crippen LogP contribution in [0.2, 0.25) is 0 Å². The predicted molar refractivity (Wildman–Crippen MR) is 93.6 cm³/mol. The summed E-state index contributed by atoms with van der Waals surface area (Å²) in [5, 5.41) is 13.4. The van der Waals surface area contributed by atoms with Crippen LogP contribution in [0.5, 0.6) is 0 Å². The Kier molecular flexibility index (Phi) is 3.98. The van der Waals surface area contributed by atoms with Gasteiger partial charge in [-0.3, -0.25) is 4.79 Å². The molecule has 2 aromatic heterocycles. The van der Waals surface area contributed by atoms with Crippen LogP contribution in [0.3, 0.4) is 0 Å². The third kappa shape index (κ3) is 3.26. The van der Waals surface area contributed by atoms with Gasteiger partial charge in [-0.05, 0) is 25.2 Å². The molecule has 128 valence electrons. The first kappa shape index (κ1) is 15.5. The van der Waals surface area contributed by atoms with Crippen LogP contribution in [-0.2, 0) is 0 Å². The van der Waals surface area contributed by atoms with Gasteiger partial charge in [0.2, 0.25) is 0 Å². The molecule has 9 nitrogen and oxygen atoms in total. The average molecular weight is 338 g/mol. The van der Waals surface area contributed by atoms with E-state index in [1.807, 2.05) is 0 Å². The van der Waals surface area contributed by atoms with Gasteiger partial charge < -0.3 is 15.1 Å². The van der Waals surface area contributed by atoms with Gasteiger partial charge >= 0.3 is 0 Å². The number of nitrogens with zero attached hydrogens (tertiary/aromatic N) is 6. The van der Waals surface area contributed by atoms with Crippen molar-refractivity contribution < 1.29 is 4.79 Å². The fourth-order valence-electron chi connectivity index (χ4n) is 2.79. The molecule has 0 radical (unpaired) electrons. The second-order valence-corrected chi connectivity index (χ2v) is 6.03. The topological polar surface area (TPSA) is 103 Å². The molecule has 0 spiro atoms. The van der Waals surface area contributed by atoms with E-state index in [-0.39, 0.29) is 5.91 Å². The lowest BCUT2D eigenvalue weighted by atomic mass is 10.2. The van der Waals surface area contributed by atoms with Crippen molar-refractivity contribution in [3.8, 4) is 0 Å². The third-order valence-electron chi connectivity index (χ3n) is 4.29. The SMILES string of the molecule is CN1CCN(c2cc(C(=O)Nc3ccc4n[nH]nc4c3)ncn2)CC1. The Balaban J connectivity index is 1.50. The van der Waals surface area contributed by atoms with Crippen molar-refractivity contribution in [1.82, 2.24) is 30.3 Å². The van der Waals surface area contributed by atoms with Gasteiger partial charge in [0.15, 0.2) is 0 Å². The van der Waals surface area contributed by atoms with Gasteiger partial charge in [-0.25, -0.2) is 9.97 Å². The number of aromatic nitrogens is 5. The summed E-state index contributed by atoms with van der Waals surface area (Å²) in [5.74, 6) is 0.501. The van der Waals surface area contributed by atoms with Crippen molar-refractivity contribution >= 4 is 28.4 Å². The highest BCUT2D eigenvalue weighted by Gasteiger charge is 2.17. The number of anilines is 2. The summed E-state index contributed by atoms with van der Waals surface area (Å²) < 4.78 is 0. The van der Waals surface area contributed by atoms with Crippen LogP contribution in [0, 0.1) is 0 Å². The molecule has 0 aliphatic carbocycles. The summed E-state index contributed by atoms with van der Waals surface area (Å²) in [6, 6.07) is 7.07. The standard InChI is InChI=1S/C16H18N8O/c1-23-4-6-24(7-5-23)15-9-14(17-10-18-15)16(25)19-11-2-3-12-13(8-11)21-22-20-12/h2-3,8-10H,4-7H2,1H3,(H,19,25)(H,20,21,22). The fraction of sp³-hybridized carbons (Fsp3) is 0.312. The Bertz CT molecular complexity index is 900. The van der Waals surface area contributed by atoms with E-state index in [0.717, 1.165) is 37.5 Å². The van der Waals surface area contributed by atoms with Crippen molar-refractivity contribution in [2.45, 2.75) is 0 Å². The molecule has 0 unspecified atom stereocenters. The first-order valence-corrected chi connectivity index (χ1v) is 8.06.